The standard InChI is InChI=1S/C15H19NO3/c1-15(2,14(18)19)16-13(17)9-10-6-7-11-4-3-5-12(11)8-10/h6-8H,3-5,9H2,1-2H3,(H,16,17)(H,18,19). The molecule has 2 rings (SSSR count). The summed E-state index contributed by atoms with van der Waals surface area (Å²) >= 11 is 0. The first-order chi connectivity index (χ1) is 8.88. The van der Waals surface area contributed by atoms with Gasteiger partial charge in [-0.2, -0.15) is 0 Å². The first-order valence-electron chi connectivity index (χ1n) is 6.53. The van der Waals surface area contributed by atoms with Gasteiger partial charge in [0, 0.05) is 0 Å². The third-order valence-corrected chi connectivity index (χ3v) is 3.51. The van der Waals surface area contributed by atoms with Crippen LogP contribution in [0.4, 0.5) is 0 Å². The molecule has 0 aromatic heterocycles. The number of carboxylic acids is 1. The van der Waals surface area contributed by atoms with Crippen LogP contribution in [-0.2, 0) is 28.9 Å². The fourth-order valence-electron chi connectivity index (χ4n) is 2.37. The van der Waals surface area contributed by atoms with Crippen molar-refractivity contribution in [3.05, 3.63) is 34.9 Å². The van der Waals surface area contributed by atoms with E-state index in [2.05, 4.69) is 17.4 Å². The van der Waals surface area contributed by atoms with Gasteiger partial charge in [-0.25, -0.2) is 4.79 Å². The molecule has 0 saturated carbocycles. The number of nitrogens with one attached hydrogen (secondary N) is 1. The lowest BCUT2D eigenvalue weighted by atomic mass is 10.0. The van der Waals surface area contributed by atoms with E-state index in [0.29, 0.717) is 0 Å². The topological polar surface area (TPSA) is 66.4 Å². The molecule has 0 unspecified atom stereocenters. The molecule has 1 aliphatic carbocycles. The van der Waals surface area contributed by atoms with Crippen LogP contribution in [-0.4, -0.2) is 22.5 Å². The van der Waals surface area contributed by atoms with Gasteiger partial charge < -0.3 is 10.4 Å². The average Bonchev–Trinajstić information content (AvgIpc) is 2.74. The van der Waals surface area contributed by atoms with E-state index in [9.17, 15) is 9.59 Å². The van der Waals surface area contributed by atoms with Crippen LogP contribution in [0.5, 0.6) is 0 Å². The Morgan fingerprint density at radius 2 is 1.95 bits per heavy atom. The number of aryl methyl sites for hydroxylation is 2. The van der Waals surface area contributed by atoms with E-state index in [4.69, 9.17) is 5.11 Å². The summed E-state index contributed by atoms with van der Waals surface area (Å²) in [5, 5.41) is 11.5. The maximum atomic E-state index is 11.9. The molecule has 0 spiro atoms. The summed E-state index contributed by atoms with van der Waals surface area (Å²) in [4.78, 5) is 22.8. The van der Waals surface area contributed by atoms with Crippen LogP contribution in [0.3, 0.4) is 0 Å². The fourth-order valence-corrected chi connectivity index (χ4v) is 2.37. The summed E-state index contributed by atoms with van der Waals surface area (Å²) in [6.45, 7) is 2.96. The molecule has 2 N–H and O–H groups in total. The van der Waals surface area contributed by atoms with Gasteiger partial charge in [0.05, 0.1) is 6.42 Å². The lowest BCUT2D eigenvalue weighted by Crippen LogP contribution is -2.50. The Bertz CT molecular complexity index is 520. The summed E-state index contributed by atoms with van der Waals surface area (Å²) < 4.78 is 0. The number of carboxylic acid groups (broad SMARTS) is 1. The Hall–Kier alpha value is -1.84. The number of hydrogen-bond donors (Lipinski definition) is 2. The monoisotopic (exact) mass is 261 g/mol. The maximum Gasteiger partial charge on any atom is 0.328 e. The molecule has 4 heteroatoms. The van der Waals surface area contributed by atoms with Gasteiger partial charge in [-0.15, -0.1) is 0 Å². The summed E-state index contributed by atoms with van der Waals surface area (Å²) in [6, 6.07) is 6.10. The minimum Gasteiger partial charge on any atom is -0.480 e. The molecule has 0 saturated heterocycles. The fraction of sp³-hybridized carbons (Fsp3) is 0.467. The molecule has 4 nitrogen and oxygen atoms in total. The highest BCUT2D eigenvalue weighted by atomic mass is 16.4. The number of carbonyl (C=O) groups is 2. The molecule has 1 aromatic carbocycles. The van der Waals surface area contributed by atoms with Crippen LogP contribution in [0.25, 0.3) is 0 Å². The summed E-state index contributed by atoms with van der Waals surface area (Å²) in [5.41, 5.74) is 2.41. The van der Waals surface area contributed by atoms with Crippen molar-refractivity contribution in [3.8, 4) is 0 Å². The van der Waals surface area contributed by atoms with Gasteiger partial charge in [-0.05, 0) is 49.8 Å². The molecule has 102 valence electrons. The Morgan fingerprint density at radius 1 is 1.26 bits per heavy atom. The third kappa shape index (κ3) is 3.13. The highest BCUT2D eigenvalue weighted by molar-refractivity contribution is 5.87. The van der Waals surface area contributed by atoms with Crippen LogP contribution >= 0.6 is 0 Å². The molecular formula is C15H19NO3. The molecule has 0 aliphatic heterocycles. The highest BCUT2D eigenvalue weighted by Gasteiger charge is 2.28. The molecule has 0 fully saturated rings. The average molecular weight is 261 g/mol. The molecule has 1 aliphatic rings. The Labute approximate surface area is 112 Å². The second-order valence-electron chi connectivity index (χ2n) is 5.61. The summed E-state index contributed by atoms with van der Waals surface area (Å²) in [5.74, 6) is -1.29. The molecule has 1 amide bonds. The lowest BCUT2D eigenvalue weighted by molar-refractivity contribution is -0.145. The summed E-state index contributed by atoms with van der Waals surface area (Å²) in [6.07, 6.45) is 3.60. The van der Waals surface area contributed by atoms with Crippen molar-refractivity contribution in [2.45, 2.75) is 45.1 Å². The zero-order valence-corrected chi connectivity index (χ0v) is 11.3. The third-order valence-electron chi connectivity index (χ3n) is 3.51. The van der Waals surface area contributed by atoms with Crippen molar-refractivity contribution in [2.24, 2.45) is 0 Å². The van der Waals surface area contributed by atoms with Gasteiger partial charge >= 0.3 is 5.97 Å². The van der Waals surface area contributed by atoms with E-state index < -0.39 is 11.5 Å². The van der Waals surface area contributed by atoms with Gasteiger partial charge in [-0.3, -0.25) is 4.79 Å². The Balaban J connectivity index is 2.01. The van der Waals surface area contributed by atoms with Crippen LogP contribution in [0, 0.1) is 0 Å². The van der Waals surface area contributed by atoms with Gasteiger partial charge in [-0.1, -0.05) is 18.2 Å². The molecule has 0 heterocycles. The van der Waals surface area contributed by atoms with Gasteiger partial charge in [0.15, 0.2) is 0 Å². The number of aliphatic carboxylic acids is 1. The van der Waals surface area contributed by atoms with Crippen LogP contribution in [0.15, 0.2) is 18.2 Å². The second-order valence-corrected chi connectivity index (χ2v) is 5.61. The zero-order chi connectivity index (χ0) is 14.0. The molecule has 1 aromatic rings. The van der Waals surface area contributed by atoms with E-state index in [-0.39, 0.29) is 12.3 Å². The number of amides is 1. The minimum atomic E-state index is -1.23. The van der Waals surface area contributed by atoms with E-state index in [1.54, 1.807) is 0 Å². The molecule has 0 bridgehead atoms. The van der Waals surface area contributed by atoms with Crippen molar-refractivity contribution in [2.75, 3.05) is 0 Å². The number of rotatable bonds is 4. The van der Waals surface area contributed by atoms with Gasteiger partial charge in [0.25, 0.3) is 0 Å². The first-order valence-corrected chi connectivity index (χ1v) is 6.53. The van der Waals surface area contributed by atoms with Crippen molar-refractivity contribution >= 4 is 11.9 Å². The molecule has 0 radical (unpaired) electrons. The van der Waals surface area contributed by atoms with E-state index in [1.807, 2.05) is 6.07 Å². The molecular weight excluding hydrogens is 242 g/mol. The number of benzene rings is 1. The van der Waals surface area contributed by atoms with Crippen molar-refractivity contribution < 1.29 is 14.7 Å². The quantitative estimate of drug-likeness (QED) is 0.867. The lowest BCUT2D eigenvalue weighted by Gasteiger charge is -2.21. The van der Waals surface area contributed by atoms with Crippen molar-refractivity contribution in [1.29, 1.82) is 0 Å². The van der Waals surface area contributed by atoms with Gasteiger partial charge in [0.2, 0.25) is 5.91 Å². The predicted molar refractivity (Wildman–Crippen MR) is 72.0 cm³/mol. The predicted octanol–water partition coefficient (Wildman–Crippen LogP) is 1.70. The van der Waals surface area contributed by atoms with E-state index in [0.717, 1.165) is 18.4 Å². The van der Waals surface area contributed by atoms with E-state index in [1.165, 1.54) is 31.4 Å². The number of hydrogen-bond acceptors (Lipinski definition) is 2. The van der Waals surface area contributed by atoms with Crippen molar-refractivity contribution in [3.63, 3.8) is 0 Å². The maximum absolute atomic E-state index is 11.9. The van der Waals surface area contributed by atoms with Crippen LogP contribution < -0.4 is 5.32 Å². The largest absolute Gasteiger partial charge is 0.480 e. The smallest absolute Gasteiger partial charge is 0.328 e. The number of fused-ring (bicyclic) bond motifs is 1. The Kier molecular flexibility index (Phi) is 3.60. The first kappa shape index (κ1) is 13.6. The highest BCUT2D eigenvalue weighted by Crippen LogP contribution is 2.23. The zero-order valence-electron chi connectivity index (χ0n) is 11.3. The normalized spacial score (nSPS) is 14.0. The second kappa shape index (κ2) is 5.03. The molecule has 19 heavy (non-hydrogen) atoms. The van der Waals surface area contributed by atoms with Crippen LogP contribution in [0.1, 0.15) is 37.0 Å². The van der Waals surface area contributed by atoms with Crippen molar-refractivity contribution in [1.82, 2.24) is 5.32 Å². The van der Waals surface area contributed by atoms with E-state index >= 15 is 0 Å². The summed E-state index contributed by atoms with van der Waals surface area (Å²) in [7, 11) is 0. The number of carbonyl (C=O) groups excluding carboxylic acids is 1. The SMILES string of the molecule is CC(C)(NC(=O)Cc1ccc2c(c1)CCC2)C(=O)O. The minimum absolute atomic E-state index is 0.226. The Morgan fingerprint density at radius 3 is 2.63 bits per heavy atom. The molecule has 0 atom stereocenters. The van der Waals surface area contributed by atoms with Gasteiger partial charge in [0.1, 0.15) is 5.54 Å². The van der Waals surface area contributed by atoms with Crippen LogP contribution in [0.2, 0.25) is 0 Å².